The Morgan fingerprint density at radius 1 is 0.964 bits per heavy atom. The molecule has 2 rings (SSSR count). The van der Waals surface area contributed by atoms with E-state index in [1.807, 2.05) is 24.3 Å². The Labute approximate surface area is 179 Å². The largest absolute Gasteiger partial charge is 0.387 e. The van der Waals surface area contributed by atoms with Gasteiger partial charge in [-0.25, -0.2) is 0 Å². The lowest BCUT2D eigenvalue weighted by Gasteiger charge is -2.32. The quantitative estimate of drug-likeness (QED) is 0.466. The molecule has 0 unspecified atom stereocenters. The highest BCUT2D eigenvalue weighted by atomic mass is 79.9. The Balaban J connectivity index is 2.02. The first-order valence-corrected chi connectivity index (χ1v) is 11.3. The molecule has 0 heterocycles. The standard InChI is InChI=1S/C24H35BrN2O/c1-4-26(5-2)17-9-10-20(3)27(18-21-11-7-6-8-12-21)19-24(28)22-13-15-23(25)16-14-22/h6-8,11-16,20,24,28H,4-5,9-10,17-19H2,1-3H3/t20-,24-/m1/s1. The van der Waals surface area contributed by atoms with E-state index in [4.69, 9.17) is 0 Å². The molecule has 1 N–H and O–H groups in total. The van der Waals surface area contributed by atoms with E-state index in [1.165, 1.54) is 12.0 Å². The van der Waals surface area contributed by atoms with Crippen LogP contribution in [0, 0.1) is 0 Å². The predicted molar refractivity (Wildman–Crippen MR) is 122 cm³/mol. The molecule has 0 bridgehead atoms. The summed E-state index contributed by atoms with van der Waals surface area (Å²) in [5, 5.41) is 10.8. The third-order valence-corrected chi connectivity index (χ3v) is 6.03. The molecular formula is C24H35BrN2O. The van der Waals surface area contributed by atoms with E-state index in [9.17, 15) is 5.11 Å². The number of halogens is 1. The summed E-state index contributed by atoms with van der Waals surface area (Å²) in [6, 6.07) is 19.0. The predicted octanol–water partition coefficient (Wildman–Crippen LogP) is 5.50. The van der Waals surface area contributed by atoms with Gasteiger partial charge < -0.3 is 10.0 Å². The molecule has 28 heavy (non-hydrogen) atoms. The second kappa shape index (κ2) is 12.4. The minimum Gasteiger partial charge on any atom is -0.387 e. The summed E-state index contributed by atoms with van der Waals surface area (Å²) in [7, 11) is 0. The summed E-state index contributed by atoms with van der Waals surface area (Å²) in [6.07, 6.45) is 1.83. The van der Waals surface area contributed by atoms with Gasteiger partial charge in [-0.2, -0.15) is 0 Å². The van der Waals surface area contributed by atoms with Crippen molar-refractivity contribution in [1.82, 2.24) is 9.80 Å². The zero-order chi connectivity index (χ0) is 20.4. The Bertz CT molecular complexity index is 658. The first-order valence-electron chi connectivity index (χ1n) is 10.5. The number of benzene rings is 2. The molecule has 2 atom stereocenters. The minimum absolute atomic E-state index is 0.417. The van der Waals surface area contributed by atoms with Gasteiger partial charge >= 0.3 is 0 Å². The van der Waals surface area contributed by atoms with Gasteiger partial charge in [0.25, 0.3) is 0 Å². The van der Waals surface area contributed by atoms with Crippen LogP contribution in [0.2, 0.25) is 0 Å². The number of hydrogen-bond donors (Lipinski definition) is 1. The van der Waals surface area contributed by atoms with Gasteiger partial charge in [-0.1, -0.05) is 72.2 Å². The highest BCUT2D eigenvalue weighted by Crippen LogP contribution is 2.21. The van der Waals surface area contributed by atoms with Gasteiger partial charge in [-0.3, -0.25) is 4.90 Å². The lowest BCUT2D eigenvalue weighted by Crippen LogP contribution is -2.36. The Morgan fingerprint density at radius 2 is 1.61 bits per heavy atom. The fourth-order valence-corrected chi connectivity index (χ4v) is 3.83. The number of rotatable bonds is 12. The molecule has 0 aliphatic carbocycles. The highest BCUT2D eigenvalue weighted by Gasteiger charge is 2.19. The molecule has 154 valence electrons. The molecule has 0 fully saturated rings. The van der Waals surface area contributed by atoms with Crippen LogP contribution in [-0.4, -0.2) is 47.1 Å². The first kappa shape index (κ1) is 23.1. The fourth-order valence-electron chi connectivity index (χ4n) is 3.56. The lowest BCUT2D eigenvalue weighted by atomic mass is 10.1. The number of hydrogen-bond acceptors (Lipinski definition) is 3. The molecule has 0 saturated heterocycles. The monoisotopic (exact) mass is 446 g/mol. The van der Waals surface area contributed by atoms with Gasteiger partial charge in [0.05, 0.1) is 6.10 Å². The molecule has 0 amide bonds. The van der Waals surface area contributed by atoms with Gasteiger partial charge in [0, 0.05) is 23.6 Å². The average Bonchev–Trinajstić information content (AvgIpc) is 2.71. The SMILES string of the molecule is CCN(CC)CCC[C@@H](C)N(Cc1ccccc1)C[C@@H](O)c1ccc(Br)cc1. The van der Waals surface area contributed by atoms with Gasteiger partial charge in [0.2, 0.25) is 0 Å². The fraction of sp³-hybridized carbons (Fsp3) is 0.500. The molecule has 0 spiro atoms. The van der Waals surface area contributed by atoms with Crippen LogP contribution in [0.25, 0.3) is 0 Å². The molecule has 3 nitrogen and oxygen atoms in total. The van der Waals surface area contributed by atoms with Gasteiger partial charge in [-0.05, 0) is 62.7 Å². The summed E-state index contributed by atoms with van der Waals surface area (Å²) >= 11 is 3.47. The maximum absolute atomic E-state index is 10.8. The Kier molecular flexibility index (Phi) is 10.2. The van der Waals surface area contributed by atoms with E-state index in [1.54, 1.807) is 0 Å². The number of aliphatic hydroxyl groups excluding tert-OH is 1. The van der Waals surface area contributed by atoms with E-state index < -0.39 is 6.10 Å². The van der Waals surface area contributed by atoms with Gasteiger partial charge in [0.1, 0.15) is 0 Å². The normalized spacial score (nSPS) is 13.8. The van der Waals surface area contributed by atoms with Crippen molar-refractivity contribution >= 4 is 15.9 Å². The highest BCUT2D eigenvalue weighted by molar-refractivity contribution is 9.10. The van der Waals surface area contributed by atoms with Crippen LogP contribution in [0.15, 0.2) is 59.1 Å². The third kappa shape index (κ3) is 7.67. The van der Waals surface area contributed by atoms with Gasteiger partial charge in [0.15, 0.2) is 0 Å². The van der Waals surface area contributed by atoms with Crippen LogP contribution in [0.5, 0.6) is 0 Å². The van der Waals surface area contributed by atoms with Crippen LogP contribution >= 0.6 is 15.9 Å². The molecule has 0 aliphatic heterocycles. The second-order valence-corrected chi connectivity index (χ2v) is 8.42. The maximum Gasteiger partial charge on any atom is 0.0917 e. The van der Waals surface area contributed by atoms with Crippen molar-refractivity contribution in [2.75, 3.05) is 26.2 Å². The minimum atomic E-state index is -0.484. The van der Waals surface area contributed by atoms with Crippen molar-refractivity contribution in [1.29, 1.82) is 0 Å². The van der Waals surface area contributed by atoms with Gasteiger partial charge in [-0.15, -0.1) is 0 Å². The van der Waals surface area contributed by atoms with Crippen LogP contribution in [0.4, 0.5) is 0 Å². The summed E-state index contributed by atoms with van der Waals surface area (Å²) in [6.45, 7) is 11.6. The van der Waals surface area contributed by atoms with E-state index in [2.05, 4.69) is 76.8 Å². The second-order valence-electron chi connectivity index (χ2n) is 7.50. The maximum atomic E-state index is 10.8. The van der Waals surface area contributed by atoms with Crippen LogP contribution in [0.3, 0.4) is 0 Å². The smallest absolute Gasteiger partial charge is 0.0917 e. The van der Waals surface area contributed by atoms with Crippen molar-refractivity contribution in [3.63, 3.8) is 0 Å². The van der Waals surface area contributed by atoms with Crippen LogP contribution in [0.1, 0.15) is 50.8 Å². The topological polar surface area (TPSA) is 26.7 Å². The van der Waals surface area contributed by atoms with E-state index in [0.29, 0.717) is 12.6 Å². The molecule has 0 aromatic heterocycles. The van der Waals surface area contributed by atoms with E-state index in [-0.39, 0.29) is 0 Å². The van der Waals surface area contributed by atoms with E-state index >= 15 is 0 Å². The zero-order valence-electron chi connectivity index (χ0n) is 17.5. The molecule has 0 saturated carbocycles. The average molecular weight is 447 g/mol. The van der Waals surface area contributed by atoms with Crippen LogP contribution in [-0.2, 0) is 6.54 Å². The number of nitrogens with zero attached hydrogens (tertiary/aromatic N) is 2. The molecule has 0 aliphatic rings. The Morgan fingerprint density at radius 3 is 2.21 bits per heavy atom. The van der Waals surface area contributed by atoms with Crippen molar-refractivity contribution < 1.29 is 5.11 Å². The molecule has 4 heteroatoms. The van der Waals surface area contributed by atoms with Crippen molar-refractivity contribution in [2.24, 2.45) is 0 Å². The van der Waals surface area contributed by atoms with Crippen molar-refractivity contribution in [3.05, 3.63) is 70.2 Å². The summed E-state index contributed by atoms with van der Waals surface area (Å²) < 4.78 is 1.04. The van der Waals surface area contributed by atoms with Crippen molar-refractivity contribution in [3.8, 4) is 0 Å². The zero-order valence-corrected chi connectivity index (χ0v) is 19.1. The first-order chi connectivity index (χ1) is 13.5. The lowest BCUT2D eigenvalue weighted by molar-refractivity contribution is 0.0816. The molecule has 2 aromatic carbocycles. The summed E-state index contributed by atoms with van der Waals surface area (Å²) in [5.41, 5.74) is 2.26. The number of aliphatic hydroxyl groups is 1. The molecule has 2 aromatic rings. The van der Waals surface area contributed by atoms with Crippen LogP contribution < -0.4 is 0 Å². The summed E-state index contributed by atoms with van der Waals surface area (Å²) in [5.74, 6) is 0. The third-order valence-electron chi connectivity index (χ3n) is 5.50. The van der Waals surface area contributed by atoms with E-state index in [0.717, 1.165) is 42.6 Å². The molecular weight excluding hydrogens is 412 g/mol. The molecule has 0 radical (unpaired) electrons. The summed E-state index contributed by atoms with van der Waals surface area (Å²) in [4.78, 5) is 4.90. The Hall–Kier alpha value is -1.20. The van der Waals surface area contributed by atoms with Crippen molar-refractivity contribution in [2.45, 2.75) is 52.3 Å².